The zero-order valence-corrected chi connectivity index (χ0v) is 15.2. The van der Waals surface area contributed by atoms with Crippen molar-refractivity contribution in [3.63, 3.8) is 0 Å². The quantitative estimate of drug-likeness (QED) is 0.646. The Bertz CT molecular complexity index is 787. The molecule has 1 aromatic heterocycles. The number of esters is 1. The largest absolute Gasteiger partial charge is 0.467 e. The van der Waals surface area contributed by atoms with E-state index in [1.165, 1.54) is 7.11 Å². The van der Waals surface area contributed by atoms with E-state index in [1.807, 2.05) is 51.1 Å². The van der Waals surface area contributed by atoms with Crippen LogP contribution in [0.4, 0.5) is 0 Å². The molecule has 1 heterocycles. The fourth-order valence-electron chi connectivity index (χ4n) is 2.63. The minimum atomic E-state index is -0.762. The number of aryl methyl sites for hydroxylation is 1. The van der Waals surface area contributed by atoms with Crippen LogP contribution >= 0.6 is 0 Å². The van der Waals surface area contributed by atoms with E-state index in [1.54, 1.807) is 4.68 Å². The highest BCUT2D eigenvalue weighted by atomic mass is 16.5. The number of para-hydroxylation sites is 1. The summed E-state index contributed by atoms with van der Waals surface area (Å²) in [7, 11) is 1.31. The van der Waals surface area contributed by atoms with Crippen molar-refractivity contribution >= 4 is 22.8 Å². The van der Waals surface area contributed by atoms with E-state index in [0.717, 1.165) is 17.3 Å². The van der Waals surface area contributed by atoms with Gasteiger partial charge in [-0.05, 0) is 17.9 Å². The molecule has 2 rings (SSSR count). The van der Waals surface area contributed by atoms with E-state index in [2.05, 4.69) is 17.0 Å². The lowest BCUT2D eigenvalue weighted by molar-refractivity contribution is -0.145. The molecule has 1 unspecified atom stereocenters. The third-order valence-electron chi connectivity index (χ3n) is 4.00. The molecule has 6 nitrogen and oxygen atoms in total. The number of fused-ring (bicyclic) bond motifs is 1. The molecule has 134 valence electrons. The van der Waals surface area contributed by atoms with Crippen LogP contribution in [0.25, 0.3) is 10.9 Å². The fraction of sp³-hybridized carbons (Fsp3) is 0.421. The summed E-state index contributed by atoms with van der Waals surface area (Å²) in [5.41, 5.74) is 0.696. The van der Waals surface area contributed by atoms with Crippen LogP contribution in [0, 0.1) is 5.41 Å². The fourth-order valence-corrected chi connectivity index (χ4v) is 2.63. The van der Waals surface area contributed by atoms with Gasteiger partial charge in [0, 0.05) is 11.9 Å². The van der Waals surface area contributed by atoms with Crippen LogP contribution < -0.4 is 5.32 Å². The van der Waals surface area contributed by atoms with Crippen LogP contribution in [-0.4, -0.2) is 34.8 Å². The lowest BCUT2D eigenvalue weighted by atomic mass is 9.86. The SMILES string of the molecule is C=CCCn1nc(C(=O)NC(C(=O)OC)C(C)(C)C)c2ccccc21. The smallest absolute Gasteiger partial charge is 0.328 e. The van der Waals surface area contributed by atoms with Crippen LogP contribution in [0.3, 0.4) is 0 Å². The number of benzene rings is 1. The van der Waals surface area contributed by atoms with Crippen molar-refractivity contribution in [3.8, 4) is 0 Å². The molecule has 0 aliphatic carbocycles. The van der Waals surface area contributed by atoms with Gasteiger partial charge in [0.25, 0.3) is 5.91 Å². The van der Waals surface area contributed by atoms with Gasteiger partial charge in [0.2, 0.25) is 0 Å². The second-order valence-electron chi connectivity index (χ2n) is 6.96. The van der Waals surface area contributed by atoms with Crippen LogP contribution in [0.2, 0.25) is 0 Å². The summed E-state index contributed by atoms with van der Waals surface area (Å²) < 4.78 is 6.62. The predicted octanol–water partition coefficient (Wildman–Crippen LogP) is 2.93. The summed E-state index contributed by atoms with van der Waals surface area (Å²) >= 11 is 0. The van der Waals surface area contributed by atoms with Gasteiger partial charge in [-0.2, -0.15) is 5.10 Å². The number of carbonyl (C=O) groups is 2. The minimum absolute atomic E-state index is 0.304. The maximum Gasteiger partial charge on any atom is 0.328 e. The van der Waals surface area contributed by atoms with Crippen molar-refractivity contribution in [2.24, 2.45) is 5.41 Å². The van der Waals surface area contributed by atoms with E-state index < -0.39 is 17.4 Å². The molecule has 25 heavy (non-hydrogen) atoms. The summed E-state index contributed by atoms with van der Waals surface area (Å²) in [6.07, 6.45) is 2.56. The number of ether oxygens (including phenoxy) is 1. The first kappa shape index (κ1) is 18.7. The molecule has 1 amide bonds. The van der Waals surface area contributed by atoms with E-state index in [4.69, 9.17) is 4.74 Å². The molecule has 0 saturated heterocycles. The topological polar surface area (TPSA) is 73.2 Å². The summed E-state index contributed by atoms with van der Waals surface area (Å²) in [4.78, 5) is 24.9. The molecule has 1 aromatic carbocycles. The zero-order valence-electron chi connectivity index (χ0n) is 15.2. The highest BCUT2D eigenvalue weighted by molar-refractivity contribution is 6.06. The van der Waals surface area contributed by atoms with Crippen molar-refractivity contribution in [2.45, 2.75) is 39.8 Å². The Balaban J connectivity index is 2.38. The number of hydrogen-bond donors (Lipinski definition) is 1. The van der Waals surface area contributed by atoms with Crippen LogP contribution in [0.15, 0.2) is 36.9 Å². The monoisotopic (exact) mass is 343 g/mol. The molecule has 0 radical (unpaired) electrons. The first-order valence-corrected chi connectivity index (χ1v) is 8.24. The van der Waals surface area contributed by atoms with Gasteiger partial charge < -0.3 is 10.1 Å². The van der Waals surface area contributed by atoms with Gasteiger partial charge in [-0.25, -0.2) is 4.79 Å². The molecule has 0 fully saturated rings. The molecule has 0 aliphatic rings. The van der Waals surface area contributed by atoms with Crippen molar-refractivity contribution in [2.75, 3.05) is 7.11 Å². The normalized spacial score (nSPS) is 12.6. The number of nitrogens with one attached hydrogen (secondary N) is 1. The molecule has 1 N–H and O–H groups in total. The Kier molecular flexibility index (Phi) is 5.62. The van der Waals surface area contributed by atoms with Crippen LogP contribution in [-0.2, 0) is 16.1 Å². The summed E-state index contributed by atoms with van der Waals surface area (Å²) in [6, 6.07) is 6.78. The minimum Gasteiger partial charge on any atom is -0.467 e. The Morgan fingerprint density at radius 1 is 1.36 bits per heavy atom. The molecule has 2 aromatic rings. The molecule has 0 spiro atoms. The average molecular weight is 343 g/mol. The number of rotatable bonds is 6. The highest BCUT2D eigenvalue weighted by Gasteiger charge is 2.34. The molecule has 0 aliphatic heterocycles. The number of carbonyl (C=O) groups excluding carboxylic acids is 2. The number of amides is 1. The Hall–Kier alpha value is -2.63. The van der Waals surface area contributed by atoms with Gasteiger partial charge in [-0.1, -0.05) is 45.0 Å². The second-order valence-corrected chi connectivity index (χ2v) is 6.96. The number of nitrogens with zero attached hydrogens (tertiary/aromatic N) is 2. The van der Waals surface area contributed by atoms with Crippen molar-refractivity contribution in [3.05, 3.63) is 42.6 Å². The maximum absolute atomic E-state index is 12.8. The summed E-state index contributed by atoms with van der Waals surface area (Å²) in [5, 5.41) is 7.98. The molecule has 6 heteroatoms. The molecule has 0 bridgehead atoms. The van der Waals surface area contributed by atoms with Gasteiger partial charge >= 0.3 is 5.97 Å². The standard InChI is InChI=1S/C19H25N3O3/c1-6-7-12-22-14-11-9-8-10-13(14)15(21-22)17(23)20-16(18(24)25-5)19(2,3)4/h6,8-11,16H,1,7,12H2,2-5H3,(H,20,23). The predicted molar refractivity (Wildman–Crippen MR) is 97.3 cm³/mol. The number of hydrogen-bond acceptors (Lipinski definition) is 4. The first-order chi connectivity index (χ1) is 11.8. The van der Waals surface area contributed by atoms with E-state index in [-0.39, 0.29) is 5.91 Å². The molecular formula is C19H25N3O3. The lowest BCUT2D eigenvalue weighted by Crippen LogP contribution is -2.49. The molecule has 0 saturated carbocycles. The van der Waals surface area contributed by atoms with Gasteiger partial charge in [-0.3, -0.25) is 9.48 Å². The molecule has 1 atom stereocenters. The van der Waals surface area contributed by atoms with Gasteiger partial charge in [-0.15, -0.1) is 6.58 Å². The Morgan fingerprint density at radius 3 is 2.64 bits per heavy atom. The summed E-state index contributed by atoms with van der Waals surface area (Å²) in [6.45, 7) is 9.97. The Morgan fingerprint density at radius 2 is 2.04 bits per heavy atom. The van der Waals surface area contributed by atoms with Gasteiger partial charge in [0.05, 0.1) is 12.6 Å². The van der Waals surface area contributed by atoms with Crippen molar-refractivity contribution in [1.29, 1.82) is 0 Å². The zero-order chi connectivity index (χ0) is 18.6. The average Bonchev–Trinajstić information content (AvgIpc) is 2.95. The maximum atomic E-state index is 12.8. The van der Waals surface area contributed by atoms with E-state index >= 15 is 0 Å². The van der Waals surface area contributed by atoms with E-state index in [9.17, 15) is 9.59 Å². The van der Waals surface area contributed by atoms with Crippen molar-refractivity contribution in [1.82, 2.24) is 15.1 Å². The number of allylic oxidation sites excluding steroid dienone is 1. The number of methoxy groups -OCH3 is 1. The van der Waals surface area contributed by atoms with Gasteiger partial charge in [0.15, 0.2) is 5.69 Å². The second kappa shape index (κ2) is 7.51. The van der Waals surface area contributed by atoms with E-state index in [0.29, 0.717) is 12.2 Å². The first-order valence-electron chi connectivity index (χ1n) is 8.24. The third kappa shape index (κ3) is 4.07. The van der Waals surface area contributed by atoms with Crippen LogP contribution in [0.5, 0.6) is 0 Å². The van der Waals surface area contributed by atoms with Crippen LogP contribution in [0.1, 0.15) is 37.7 Å². The highest BCUT2D eigenvalue weighted by Crippen LogP contribution is 2.23. The summed E-state index contributed by atoms with van der Waals surface area (Å²) in [5.74, 6) is -0.866. The lowest BCUT2D eigenvalue weighted by Gasteiger charge is -2.28. The van der Waals surface area contributed by atoms with Gasteiger partial charge in [0.1, 0.15) is 6.04 Å². The number of aromatic nitrogens is 2. The third-order valence-corrected chi connectivity index (χ3v) is 4.00. The van der Waals surface area contributed by atoms with Crippen molar-refractivity contribution < 1.29 is 14.3 Å². The molecular weight excluding hydrogens is 318 g/mol. The Labute approximate surface area is 147 Å².